The Hall–Kier alpha value is -2.69. The van der Waals surface area contributed by atoms with Crippen molar-refractivity contribution >= 4 is 6.09 Å². The normalized spacial score (nSPS) is 17.9. The van der Waals surface area contributed by atoms with Crippen molar-refractivity contribution in [1.82, 2.24) is 4.90 Å². The van der Waals surface area contributed by atoms with Crippen molar-refractivity contribution in [3.05, 3.63) is 60.2 Å². The first-order valence-electron chi connectivity index (χ1n) is 9.70. The number of likely N-dealkylation sites (tertiary alicyclic amines) is 1. The number of rotatable bonds is 5. The highest BCUT2D eigenvalue weighted by Crippen LogP contribution is 2.37. The number of benzene rings is 2. The Morgan fingerprint density at radius 3 is 2.32 bits per heavy atom. The molecule has 0 aliphatic carbocycles. The minimum Gasteiger partial charge on any atom is -0.493 e. The summed E-state index contributed by atoms with van der Waals surface area (Å²) in [4.78, 5) is 14.2. The lowest BCUT2D eigenvalue weighted by atomic mass is 9.94. The molecule has 3 rings (SSSR count). The molecule has 5 heteroatoms. The molecular weight excluding hydrogens is 354 g/mol. The maximum atomic E-state index is 12.5. The molecule has 2 aromatic rings. The molecule has 1 aliphatic rings. The Bertz CT molecular complexity index is 785. The summed E-state index contributed by atoms with van der Waals surface area (Å²) in [7, 11) is 1.64. The molecule has 2 unspecified atom stereocenters. The number of nitrogens with zero attached hydrogens (tertiary/aromatic N) is 1. The molecule has 1 aliphatic heterocycles. The molecule has 150 valence electrons. The summed E-state index contributed by atoms with van der Waals surface area (Å²) in [5.41, 5.74) is 0.589. The van der Waals surface area contributed by atoms with Crippen LogP contribution in [0.2, 0.25) is 0 Å². The van der Waals surface area contributed by atoms with E-state index in [1.54, 1.807) is 12.0 Å². The summed E-state index contributed by atoms with van der Waals surface area (Å²) in [5.74, 6) is 1.57. The molecule has 5 nitrogen and oxygen atoms in total. The summed E-state index contributed by atoms with van der Waals surface area (Å²) >= 11 is 0. The standard InChI is InChI=1S/C23H29NO4/c1-23(2,3)28-22(25)24-15-14-18(16-24)21(17-10-6-5-7-11-17)27-20-13-9-8-12-19(20)26-4/h5-13,18,21H,14-16H2,1-4H3. The third-order valence-corrected chi connectivity index (χ3v) is 4.76. The average molecular weight is 383 g/mol. The summed E-state index contributed by atoms with van der Waals surface area (Å²) in [5, 5.41) is 0. The fourth-order valence-electron chi connectivity index (χ4n) is 3.46. The molecule has 0 saturated carbocycles. The Kier molecular flexibility index (Phi) is 6.12. The van der Waals surface area contributed by atoms with Gasteiger partial charge >= 0.3 is 6.09 Å². The van der Waals surface area contributed by atoms with Crippen LogP contribution in [-0.4, -0.2) is 36.8 Å². The summed E-state index contributed by atoms with van der Waals surface area (Å²) in [6, 6.07) is 17.8. The van der Waals surface area contributed by atoms with Gasteiger partial charge in [-0.25, -0.2) is 4.79 Å². The monoisotopic (exact) mass is 383 g/mol. The summed E-state index contributed by atoms with van der Waals surface area (Å²) in [6.07, 6.45) is 0.414. The molecule has 0 radical (unpaired) electrons. The van der Waals surface area contributed by atoms with Gasteiger partial charge in [-0.2, -0.15) is 0 Å². The number of ether oxygens (including phenoxy) is 3. The van der Waals surface area contributed by atoms with Gasteiger partial charge in [-0.3, -0.25) is 0 Å². The zero-order valence-corrected chi connectivity index (χ0v) is 17.1. The maximum Gasteiger partial charge on any atom is 0.410 e. The summed E-state index contributed by atoms with van der Waals surface area (Å²) < 4.78 is 17.4. The number of amides is 1. The van der Waals surface area contributed by atoms with Crippen molar-refractivity contribution in [2.45, 2.75) is 38.9 Å². The van der Waals surface area contributed by atoms with Crippen LogP contribution >= 0.6 is 0 Å². The second kappa shape index (κ2) is 8.55. The van der Waals surface area contributed by atoms with Crippen LogP contribution in [0.15, 0.2) is 54.6 Å². The highest BCUT2D eigenvalue weighted by Gasteiger charge is 2.36. The molecule has 28 heavy (non-hydrogen) atoms. The van der Waals surface area contributed by atoms with Gasteiger partial charge in [-0.1, -0.05) is 42.5 Å². The predicted octanol–water partition coefficient (Wildman–Crippen LogP) is 5.07. The minimum absolute atomic E-state index is 0.167. The fraction of sp³-hybridized carbons (Fsp3) is 0.435. The SMILES string of the molecule is COc1ccccc1OC(c1ccccc1)C1CCN(C(=O)OC(C)(C)C)C1. The number of hydrogen-bond donors (Lipinski definition) is 0. The van der Waals surface area contributed by atoms with E-state index in [-0.39, 0.29) is 18.1 Å². The van der Waals surface area contributed by atoms with Gasteiger partial charge < -0.3 is 19.1 Å². The van der Waals surface area contributed by atoms with Crippen molar-refractivity contribution in [3.8, 4) is 11.5 Å². The van der Waals surface area contributed by atoms with E-state index in [0.29, 0.717) is 24.6 Å². The number of para-hydroxylation sites is 2. The Morgan fingerprint density at radius 2 is 1.68 bits per heavy atom. The molecule has 0 bridgehead atoms. The first-order valence-corrected chi connectivity index (χ1v) is 9.70. The van der Waals surface area contributed by atoms with Crippen LogP contribution in [0.25, 0.3) is 0 Å². The van der Waals surface area contributed by atoms with Gasteiger partial charge in [0.25, 0.3) is 0 Å². The highest BCUT2D eigenvalue weighted by atomic mass is 16.6. The van der Waals surface area contributed by atoms with Crippen LogP contribution in [0.5, 0.6) is 11.5 Å². The van der Waals surface area contributed by atoms with E-state index in [9.17, 15) is 4.79 Å². The van der Waals surface area contributed by atoms with Crippen molar-refractivity contribution in [2.24, 2.45) is 5.92 Å². The topological polar surface area (TPSA) is 48.0 Å². The zero-order valence-electron chi connectivity index (χ0n) is 17.1. The number of carbonyl (C=O) groups excluding carboxylic acids is 1. The number of carbonyl (C=O) groups is 1. The van der Waals surface area contributed by atoms with Crippen LogP contribution in [0.3, 0.4) is 0 Å². The smallest absolute Gasteiger partial charge is 0.410 e. The molecular formula is C23H29NO4. The van der Waals surface area contributed by atoms with Crippen LogP contribution in [0.1, 0.15) is 38.9 Å². The zero-order chi connectivity index (χ0) is 20.1. The molecule has 1 fully saturated rings. The molecule has 1 amide bonds. The van der Waals surface area contributed by atoms with Gasteiger partial charge in [0.05, 0.1) is 7.11 Å². The maximum absolute atomic E-state index is 12.5. The molecule has 0 N–H and O–H groups in total. The van der Waals surface area contributed by atoms with Gasteiger partial charge in [0.1, 0.15) is 11.7 Å². The first kappa shape index (κ1) is 20.1. The Labute approximate surface area is 167 Å². The lowest BCUT2D eigenvalue weighted by Crippen LogP contribution is -2.36. The summed E-state index contributed by atoms with van der Waals surface area (Å²) in [6.45, 7) is 6.92. The van der Waals surface area contributed by atoms with E-state index in [0.717, 1.165) is 12.0 Å². The third kappa shape index (κ3) is 4.97. The Morgan fingerprint density at radius 1 is 1.04 bits per heavy atom. The molecule has 2 atom stereocenters. The number of methoxy groups -OCH3 is 1. The van der Waals surface area contributed by atoms with Gasteiger partial charge in [-0.15, -0.1) is 0 Å². The van der Waals surface area contributed by atoms with Crippen molar-refractivity contribution in [3.63, 3.8) is 0 Å². The van der Waals surface area contributed by atoms with Crippen molar-refractivity contribution in [1.29, 1.82) is 0 Å². The van der Waals surface area contributed by atoms with Crippen molar-refractivity contribution in [2.75, 3.05) is 20.2 Å². The lowest BCUT2D eigenvalue weighted by molar-refractivity contribution is 0.0273. The van der Waals surface area contributed by atoms with E-state index < -0.39 is 5.60 Å². The third-order valence-electron chi connectivity index (χ3n) is 4.76. The van der Waals surface area contributed by atoms with E-state index in [4.69, 9.17) is 14.2 Å². The van der Waals surface area contributed by atoms with Crippen LogP contribution in [0, 0.1) is 5.92 Å². The van der Waals surface area contributed by atoms with Crippen LogP contribution < -0.4 is 9.47 Å². The van der Waals surface area contributed by atoms with Gasteiger partial charge in [0.2, 0.25) is 0 Å². The lowest BCUT2D eigenvalue weighted by Gasteiger charge is -2.27. The fourth-order valence-corrected chi connectivity index (χ4v) is 3.46. The van der Waals surface area contributed by atoms with Gasteiger partial charge in [0.15, 0.2) is 11.5 Å². The molecule has 1 saturated heterocycles. The van der Waals surface area contributed by atoms with Gasteiger partial charge in [-0.05, 0) is 44.9 Å². The number of hydrogen-bond acceptors (Lipinski definition) is 4. The van der Waals surface area contributed by atoms with Crippen LogP contribution in [0.4, 0.5) is 4.79 Å². The Balaban J connectivity index is 1.80. The minimum atomic E-state index is -0.498. The molecule has 2 aromatic carbocycles. The van der Waals surface area contributed by atoms with E-state index >= 15 is 0 Å². The van der Waals surface area contributed by atoms with E-state index in [1.807, 2.05) is 63.2 Å². The molecule has 1 heterocycles. The quantitative estimate of drug-likeness (QED) is 0.723. The predicted molar refractivity (Wildman–Crippen MR) is 109 cm³/mol. The average Bonchev–Trinajstić information content (AvgIpc) is 3.16. The second-order valence-corrected chi connectivity index (χ2v) is 8.08. The first-order chi connectivity index (χ1) is 13.4. The van der Waals surface area contributed by atoms with Gasteiger partial charge in [0, 0.05) is 19.0 Å². The van der Waals surface area contributed by atoms with E-state index in [1.165, 1.54) is 0 Å². The second-order valence-electron chi connectivity index (χ2n) is 8.08. The highest BCUT2D eigenvalue weighted by molar-refractivity contribution is 5.68. The molecule has 0 aromatic heterocycles. The molecule has 0 spiro atoms. The van der Waals surface area contributed by atoms with E-state index in [2.05, 4.69) is 12.1 Å². The van der Waals surface area contributed by atoms with Crippen LogP contribution in [-0.2, 0) is 4.74 Å². The van der Waals surface area contributed by atoms with Crippen molar-refractivity contribution < 1.29 is 19.0 Å². The largest absolute Gasteiger partial charge is 0.493 e.